The zero-order chi connectivity index (χ0) is 8.81. The Balaban J connectivity index is 2.53. The van der Waals surface area contributed by atoms with Crippen LogP contribution in [0.15, 0.2) is 6.08 Å². The number of piperidine rings is 1. The summed E-state index contributed by atoms with van der Waals surface area (Å²) in [6, 6.07) is -0.247. The average molecular weight is 162 g/mol. The molecule has 63 valence electrons. The molecule has 0 spiro atoms. The van der Waals surface area contributed by atoms with Crippen molar-refractivity contribution in [1.29, 1.82) is 0 Å². The Kier molecular flexibility index (Phi) is 3.60. The smallest absolute Gasteiger partial charge is 0.122 e. The van der Waals surface area contributed by atoms with Gasteiger partial charge >= 0.3 is 0 Å². The van der Waals surface area contributed by atoms with Gasteiger partial charge in [0, 0.05) is 6.08 Å². The number of hydrogen-bond acceptors (Lipinski definition) is 2. The number of rotatable bonds is 2. The van der Waals surface area contributed by atoms with Gasteiger partial charge in [-0.3, -0.25) is 4.90 Å². The van der Waals surface area contributed by atoms with E-state index < -0.39 is 0 Å². The minimum atomic E-state index is -0.247. The molecule has 1 heterocycles. The standard InChI is InChI=1S/C10H12NO/c1-2-10(6-9-12)11-7-4-3-5-8-11/h6,10H,3-5,7-8H2. The van der Waals surface area contributed by atoms with Crippen LogP contribution in [-0.2, 0) is 4.79 Å². The molecule has 0 amide bonds. The monoisotopic (exact) mass is 162 g/mol. The molecule has 2 nitrogen and oxygen atoms in total. The predicted octanol–water partition coefficient (Wildman–Crippen LogP) is 0.818. The summed E-state index contributed by atoms with van der Waals surface area (Å²) in [5.74, 6) is 4.05. The van der Waals surface area contributed by atoms with Crippen LogP contribution in [0.5, 0.6) is 0 Å². The van der Waals surface area contributed by atoms with Crippen molar-refractivity contribution in [3.8, 4) is 5.92 Å². The Morgan fingerprint density at radius 2 is 2.00 bits per heavy atom. The third kappa shape index (κ3) is 2.23. The van der Waals surface area contributed by atoms with E-state index in [1.54, 1.807) is 5.94 Å². The van der Waals surface area contributed by atoms with E-state index >= 15 is 0 Å². The minimum Gasteiger partial charge on any atom is -0.286 e. The van der Waals surface area contributed by atoms with Gasteiger partial charge in [-0.05, 0) is 32.4 Å². The fourth-order valence-electron chi connectivity index (χ4n) is 1.50. The quantitative estimate of drug-likeness (QED) is 0.442. The van der Waals surface area contributed by atoms with Crippen molar-refractivity contribution in [2.45, 2.75) is 25.3 Å². The summed E-state index contributed by atoms with van der Waals surface area (Å²) in [6.07, 6.45) is 11.9. The molecular formula is C10H12NO. The molecule has 0 aromatic carbocycles. The summed E-state index contributed by atoms with van der Waals surface area (Å²) >= 11 is 0. The molecule has 0 aromatic heterocycles. The first-order chi connectivity index (χ1) is 5.88. The molecular weight excluding hydrogens is 150 g/mol. The van der Waals surface area contributed by atoms with E-state index in [2.05, 4.69) is 10.8 Å². The van der Waals surface area contributed by atoms with Crippen LogP contribution in [0, 0.1) is 12.3 Å². The highest BCUT2D eigenvalue weighted by Crippen LogP contribution is 2.11. The van der Waals surface area contributed by atoms with Gasteiger partial charge in [0.15, 0.2) is 0 Å². The Labute approximate surface area is 73.2 Å². The molecule has 1 saturated heterocycles. The zero-order valence-corrected chi connectivity index (χ0v) is 7.05. The molecule has 2 heteroatoms. The summed E-state index contributed by atoms with van der Waals surface area (Å²) in [5, 5.41) is 0. The summed E-state index contributed by atoms with van der Waals surface area (Å²) in [5.41, 5.74) is 0. The Morgan fingerprint density at radius 1 is 1.33 bits per heavy atom. The van der Waals surface area contributed by atoms with Gasteiger partial charge in [-0.15, -0.1) is 0 Å². The summed E-state index contributed by atoms with van der Waals surface area (Å²) in [4.78, 5) is 12.2. The molecule has 0 N–H and O–H groups in total. The second-order valence-corrected chi connectivity index (χ2v) is 2.97. The van der Waals surface area contributed by atoms with Crippen molar-refractivity contribution < 1.29 is 4.79 Å². The summed E-state index contributed by atoms with van der Waals surface area (Å²) < 4.78 is 0. The van der Waals surface area contributed by atoms with Crippen molar-refractivity contribution in [3.63, 3.8) is 0 Å². The topological polar surface area (TPSA) is 20.3 Å². The molecule has 0 saturated carbocycles. The van der Waals surface area contributed by atoms with Gasteiger partial charge < -0.3 is 0 Å². The van der Waals surface area contributed by atoms with Crippen molar-refractivity contribution in [2.75, 3.05) is 13.1 Å². The van der Waals surface area contributed by atoms with E-state index in [0.29, 0.717) is 0 Å². The molecule has 1 atom stereocenters. The van der Waals surface area contributed by atoms with Gasteiger partial charge in [0.25, 0.3) is 0 Å². The number of carbonyl (C=O) groups excluding carboxylic acids is 1. The van der Waals surface area contributed by atoms with Gasteiger partial charge in [0.2, 0.25) is 0 Å². The Hall–Kier alpha value is -1.03. The first kappa shape index (κ1) is 9.06. The molecule has 0 aliphatic carbocycles. The maximum absolute atomic E-state index is 10.1. The van der Waals surface area contributed by atoms with Crippen LogP contribution in [0.4, 0.5) is 0 Å². The molecule has 1 fully saturated rings. The maximum Gasteiger partial charge on any atom is 0.122 e. The lowest BCUT2D eigenvalue weighted by molar-refractivity contribution is 0.221. The van der Waals surface area contributed by atoms with E-state index in [1.807, 2.05) is 0 Å². The highest BCUT2D eigenvalue weighted by atomic mass is 16.1. The van der Waals surface area contributed by atoms with E-state index in [4.69, 9.17) is 6.42 Å². The number of nitrogens with zero attached hydrogens (tertiary/aromatic N) is 1. The van der Waals surface area contributed by atoms with Gasteiger partial charge in [-0.1, -0.05) is 12.3 Å². The Bertz CT molecular complexity index is 216. The van der Waals surface area contributed by atoms with Crippen LogP contribution in [0.25, 0.3) is 0 Å². The lowest BCUT2D eigenvalue weighted by Gasteiger charge is -2.28. The SMILES string of the molecule is [C]#CC(C=C=O)N1CCCCC1. The van der Waals surface area contributed by atoms with Crippen LogP contribution in [0.2, 0.25) is 0 Å². The molecule has 1 aliphatic heterocycles. The molecule has 1 radical (unpaired) electrons. The predicted molar refractivity (Wildman–Crippen MR) is 46.6 cm³/mol. The highest BCUT2D eigenvalue weighted by Gasteiger charge is 2.16. The van der Waals surface area contributed by atoms with Gasteiger partial charge in [0.1, 0.15) is 12.0 Å². The van der Waals surface area contributed by atoms with Gasteiger partial charge in [-0.2, -0.15) is 0 Å². The summed E-state index contributed by atoms with van der Waals surface area (Å²) in [7, 11) is 0. The minimum absolute atomic E-state index is 0.247. The van der Waals surface area contributed by atoms with E-state index in [-0.39, 0.29) is 6.04 Å². The fourth-order valence-corrected chi connectivity index (χ4v) is 1.50. The second kappa shape index (κ2) is 4.77. The largest absolute Gasteiger partial charge is 0.286 e. The third-order valence-corrected chi connectivity index (χ3v) is 2.16. The van der Waals surface area contributed by atoms with Crippen LogP contribution < -0.4 is 0 Å². The van der Waals surface area contributed by atoms with Crippen molar-refractivity contribution in [1.82, 2.24) is 4.90 Å². The maximum atomic E-state index is 10.1. The van der Waals surface area contributed by atoms with Crippen molar-refractivity contribution in [3.05, 3.63) is 12.5 Å². The van der Waals surface area contributed by atoms with E-state index in [9.17, 15) is 4.79 Å². The van der Waals surface area contributed by atoms with Crippen LogP contribution in [-0.4, -0.2) is 30.0 Å². The highest BCUT2D eigenvalue weighted by molar-refractivity contribution is 5.48. The second-order valence-electron chi connectivity index (χ2n) is 2.97. The Morgan fingerprint density at radius 3 is 2.50 bits per heavy atom. The first-order valence-corrected chi connectivity index (χ1v) is 4.26. The number of likely N-dealkylation sites (tertiary alicyclic amines) is 1. The molecule has 1 aliphatic rings. The van der Waals surface area contributed by atoms with E-state index in [1.165, 1.54) is 12.5 Å². The fraction of sp³-hybridized carbons (Fsp3) is 0.600. The van der Waals surface area contributed by atoms with Crippen molar-refractivity contribution >= 4 is 5.94 Å². The van der Waals surface area contributed by atoms with E-state index in [0.717, 1.165) is 25.9 Å². The van der Waals surface area contributed by atoms with Gasteiger partial charge in [0.05, 0.1) is 0 Å². The van der Waals surface area contributed by atoms with Crippen LogP contribution in [0.1, 0.15) is 19.3 Å². The molecule has 0 aromatic rings. The summed E-state index contributed by atoms with van der Waals surface area (Å²) in [6.45, 7) is 1.93. The average Bonchev–Trinajstić information content (AvgIpc) is 2.15. The lowest BCUT2D eigenvalue weighted by atomic mass is 10.1. The zero-order valence-electron chi connectivity index (χ0n) is 7.05. The van der Waals surface area contributed by atoms with Crippen LogP contribution >= 0.6 is 0 Å². The van der Waals surface area contributed by atoms with Gasteiger partial charge in [-0.25, -0.2) is 4.79 Å². The third-order valence-electron chi connectivity index (χ3n) is 2.16. The first-order valence-electron chi connectivity index (χ1n) is 4.26. The van der Waals surface area contributed by atoms with Crippen molar-refractivity contribution in [2.24, 2.45) is 0 Å². The molecule has 1 rings (SSSR count). The molecule has 0 bridgehead atoms. The normalized spacial score (nSPS) is 20.6. The van der Waals surface area contributed by atoms with Crippen LogP contribution in [0.3, 0.4) is 0 Å². The lowest BCUT2D eigenvalue weighted by Crippen LogP contribution is -2.37. The molecule has 12 heavy (non-hydrogen) atoms. The molecule has 1 unspecified atom stereocenters. The number of hydrogen-bond donors (Lipinski definition) is 0.